The smallest absolute Gasteiger partial charge is 0.133 e. The number of Topliss-reactive ketones (excluding diaryl/α,β-unsaturated/α-hetero) is 1. The van der Waals surface area contributed by atoms with E-state index in [1.165, 1.54) is 0 Å². The van der Waals surface area contributed by atoms with Gasteiger partial charge in [-0.05, 0) is 24.5 Å². The van der Waals surface area contributed by atoms with E-state index in [9.17, 15) is 4.79 Å². The Kier molecular flexibility index (Phi) is 8.88. The van der Waals surface area contributed by atoms with Gasteiger partial charge < -0.3 is 0 Å². The van der Waals surface area contributed by atoms with Crippen LogP contribution in [-0.4, -0.2) is 17.3 Å². The van der Waals surface area contributed by atoms with Crippen LogP contribution in [0.3, 0.4) is 0 Å². The second-order valence-electron chi connectivity index (χ2n) is 4.55. The molecule has 0 rings (SSSR count). The zero-order chi connectivity index (χ0) is 11.7. The van der Waals surface area contributed by atoms with Crippen molar-refractivity contribution in [2.75, 3.05) is 11.5 Å². The van der Waals surface area contributed by atoms with Crippen molar-refractivity contribution in [2.24, 2.45) is 11.8 Å². The first-order chi connectivity index (χ1) is 7.06. The molecule has 0 saturated heterocycles. The van der Waals surface area contributed by atoms with Crippen molar-refractivity contribution in [3.05, 3.63) is 12.2 Å². The number of rotatable bonds is 8. The Morgan fingerprint density at radius 1 is 1.27 bits per heavy atom. The van der Waals surface area contributed by atoms with E-state index in [1.807, 2.05) is 18.7 Å². The molecular formula is C13H24OS. The lowest BCUT2D eigenvalue weighted by Crippen LogP contribution is -2.10. The second-order valence-corrected chi connectivity index (χ2v) is 5.63. The standard InChI is InChI=1S/C13H24OS/c1-5-6-7-15-10-12(4)9-13(14)8-11(2)3/h5-6,11-12H,7-10H2,1-4H3. The highest BCUT2D eigenvalue weighted by Crippen LogP contribution is 2.14. The first-order valence-electron chi connectivity index (χ1n) is 5.76. The number of hydrogen-bond donors (Lipinski definition) is 0. The predicted octanol–water partition coefficient (Wildman–Crippen LogP) is 3.94. The van der Waals surface area contributed by atoms with Crippen molar-refractivity contribution in [1.82, 2.24) is 0 Å². The van der Waals surface area contributed by atoms with Crippen LogP contribution in [0.25, 0.3) is 0 Å². The van der Waals surface area contributed by atoms with E-state index >= 15 is 0 Å². The molecule has 15 heavy (non-hydrogen) atoms. The molecule has 1 atom stereocenters. The summed E-state index contributed by atoms with van der Waals surface area (Å²) in [7, 11) is 0. The summed E-state index contributed by atoms with van der Waals surface area (Å²) in [5.74, 6) is 3.60. The van der Waals surface area contributed by atoms with Gasteiger partial charge in [-0.25, -0.2) is 0 Å². The average Bonchev–Trinajstić information content (AvgIpc) is 2.10. The van der Waals surface area contributed by atoms with Crippen LogP contribution in [0.4, 0.5) is 0 Å². The largest absolute Gasteiger partial charge is 0.300 e. The Labute approximate surface area is 98.7 Å². The molecule has 0 N–H and O–H groups in total. The third-order valence-electron chi connectivity index (χ3n) is 2.06. The molecule has 0 fully saturated rings. The van der Waals surface area contributed by atoms with Crippen molar-refractivity contribution in [3.8, 4) is 0 Å². The van der Waals surface area contributed by atoms with Gasteiger partial charge in [-0.15, -0.1) is 0 Å². The maximum Gasteiger partial charge on any atom is 0.133 e. The maximum absolute atomic E-state index is 11.5. The zero-order valence-corrected chi connectivity index (χ0v) is 11.3. The van der Waals surface area contributed by atoms with E-state index in [0.29, 0.717) is 17.6 Å². The second kappa shape index (κ2) is 9.02. The van der Waals surface area contributed by atoms with Crippen molar-refractivity contribution in [1.29, 1.82) is 0 Å². The molecule has 0 spiro atoms. The van der Waals surface area contributed by atoms with Crippen LogP contribution >= 0.6 is 11.8 Å². The minimum Gasteiger partial charge on any atom is -0.300 e. The minimum absolute atomic E-state index is 0.420. The highest BCUT2D eigenvalue weighted by molar-refractivity contribution is 7.99. The Balaban J connectivity index is 3.55. The third-order valence-corrected chi connectivity index (χ3v) is 3.30. The molecule has 0 aromatic rings. The van der Waals surface area contributed by atoms with Crippen molar-refractivity contribution >= 4 is 17.5 Å². The van der Waals surface area contributed by atoms with E-state index < -0.39 is 0 Å². The summed E-state index contributed by atoms with van der Waals surface area (Å²) < 4.78 is 0. The summed E-state index contributed by atoms with van der Waals surface area (Å²) in [6.45, 7) is 8.41. The Bertz CT molecular complexity index is 197. The van der Waals surface area contributed by atoms with Crippen LogP contribution in [0.1, 0.15) is 40.5 Å². The lowest BCUT2D eigenvalue weighted by molar-refractivity contribution is -0.120. The number of carbonyl (C=O) groups is 1. The Hall–Kier alpha value is -0.240. The van der Waals surface area contributed by atoms with Crippen LogP contribution in [0.5, 0.6) is 0 Å². The Morgan fingerprint density at radius 3 is 2.47 bits per heavy atom. The molecule has 0 amide bonds. The Morgan fingerprint density at radius 2 is 1.93 bits per heavy atom. The molecular weight excluding hydrogens is 204 g/mol. The molecule has 88 valence electrons. The first kappa shape index (κ1) is 14.8. The number of thioether (sulfide) groups is 1. The summed E-state index contributed by atoms with van der Waals surface area (Å²) in [5, 5.41) is 0. The van der Waals surface area contributed by atoms with Crippen molar-refractivity contribution < 1.29 is 4.79 Å². The SMILES string of the molecule is CC=CCSCC(C)CC(=O)CC(C)C. The van der Waals surface area contributed by atoms with Crippen molar-refractivity contribution in [3.63, 3.8) is 0 Å². The lowest BCUT2D eigenvalue weighted by Gasteiger charge is -2.10. The van der Waals surface area contributed by atoms with Gasteiger partial charge in [-0.1, -0.05) is 32.9 Å². The summed E-state index contributed by atoms with van der Waals surface area (Å²) in [5.41, 5.74) is 0. The van der Waals surface area contributed by atoms with Crippen LogP contribution in [0.15, 0.2) is 12.2 Å². The molecule has 1 unspecified atom stereocenters. The van der Waals surface area contributed by atoms with E-state index in [4.69, 9.17) is 0 Å². The molecule has 2 heteroatoms. The molecule has 0 aliphatic heterocycles. The van der Waals surface area contributed by atoms with Gasteiger partial charge in [0, 0.05) is 18.6 Å². The average molecular weight is 228 g/mol. The fraction of sp³-hybridized carbons (Fsp3) is 0.769. The maximum atomic E-state index is 11.5. The zero-order valence-electron chi connectivity index (χ0n) is 10.5. The van der Waals surface area contributed by atoms with E-state index in [0.717, 1.165) is 24.3 Å². The molecule has 0 aliphatic carbocycles. The number of allylic oxidation sites excluding steroid dienone is 1. The molecule has 0 aliphatic rings. The molecule has 1 nitrogen and oxygen atoms in total. The van der Waals surface area contributed by atoms with Crippen LogP contribution < -0.4 is 0 Å². The van der Waals surface area contributed by atoms with Gasteiger partial charge in [0.25, 0.3) is 0 Å². The molecule has 0 radical (unpaired) electrons. The van der Waals surface area contributed by atoms with Gasteiger partial charge in [0.1, 0.15) is 5.78 Å². The molecule has 0 bridgehead atoms. The monoisotopic (exact) mass is 228 g/mol. The van der Waals surface area contributed by atoms with Crippen LogP contribution in [-0.2, 0) is 4.79 Å². The number of carbonyl (C=O) groups excluding carboxylic acids is 1. The highest BCUT2D eigenvalue weighted by atomic mass is 32.2. The van der Waals surface area contributed by atoms with Crippen LogP contribution in [0.2, 0.25) is 0 Å². The van der Waals surface area contributed by atoms with Crippen LogP contribution in [0, 0.1) is 11.8 Å². The fourth-order valence-corrected chi connectivity index (χ4v) is 2.40. The van der Waals surface area contributed by atoms with Gasteiger partial charge in [0.15, 0.2) is 0 Å². The quantitative estimate of drug-likeness (QED) is 0.462. The first-order valence-corrected chi connectivity index (χ1v) is 6.92. The minimum atomic E-state index is 0.420. The van der Waals surface area contributed by atoms with Gasteiger partial charge in [0.05, 0.1) is 0 Å². The summed E-state index contributed by atoms with van der Waals surface area (Å²) >= 11 is 1.91. The van der Waals surface area contributed by atoms with Gasteiger partial charge in [-0.2, -0.15) is 11.8 Å². The third kappa shape index (κ3) is 10.1. The summed E-state index contributed by atoms with van der Waals surface area (Å²) in [6.07, 6.45) is 5.72. The van der Waals surface area contributed by atoms with E-state index in [1.54, 1.807) is 0 Å². The fourth-order valence-electron chi connectivity index (χ4n) is 1.42. The highest BCUT2D eigenvalue weighted by Gasteiger charge is 2.10. The molecule has 0 aromatic carbocycles. The van der Waals surface area contributed by atoms with E-state index in [-0.39, 0.29) is 0 Å². The van der Waals surface area contributed by atoms with E-state index in [2.05, 4.69) is 32.9 Å². The topological polar surface area (TPSA) is 17.1 Å². The van der Waals surface area contributed by atoms with Crippen molar-refractivity contribution in [2.45, 2.75) is 40.5 Å². The van der Waals surface area contributed by atoms with Gasteiger partial charge in [0.2, 0.25) is 0 Å². The lowest BCUT2D eigenvalue weighted by atomic mass is 10.00. The predicted molar refractivity (Wildman–Crippen MR) is 70.4 cm³/mol. The summed E-state index contributed by atoms with van der Waals surface area (Å²) in [6, 6.07) is 0. The van der Waals surface area contributed by atoms with Gasteiger partial charge >= 0.3 is 0 Å². The summed E-state index contributed by atoms with van der Waals surface area (Å²) in [4.78, 5) is 11.5. The molecule has 0 aromatic heterocycles. The molecule has 0 saturated carbocycles. The van der Waals surface area contributed by atoms with Gasteiger partial charge in [-0.3, -0.25) is 4.79 Å². The molecule has 0 heterocycles. The normalized spacial score (nSPS) is 13.7. The number of ketones is 1. The number of hydrogen-bond acceptors (Lipinski definition) is 2.